The maximum atomic E-state index is 13.5. The van der Waals surface area contributed by atoms with Gasteiger partial charge in [0.1, 0.15) is 10.7 Å². The number of aryl methyl sites for hydroxylation is 2. The van der Waals surface area contributed by atoms with Crippen molar-refractivity contribution in [3.8, 4) is 0 Å². The molecule has 7 heteroatoms. The molecule has 2 atom stereocenters. The van der Waals surface area contributed by atoms with Crippen LogP contribution in [0, 0.1) is 6.92 Å². The molecule has 1 aliphatic carbocycles. The lowest BCUT2D eigenvalue weighted by atomic mass is 9.90. The van der Waals surface area contributed by atoms with Crippen LogP contribution in [-0.4, -0.2) is 45.7 Å². The van der Waals surface area contributed by atoms with E-state index in [-0.39, 0.29) is 23.6 Å². The van der Waals surface area contributed by atoms with E-state index in [9.17, 15) is 9.59 Å². The van der Waals surface area contributed by atoms with Crippen LogP contribution in [0.2, 0.25) is 0 Å². The number of thiophene rings is 1. The SMILES string of the molecule is Cc1c(C(=O)N2CCOC3CCCCC32)sc2nc3n(c(=O)c12)CCCCC3. The van der Waals surface area contributed by atoms with Crippen LogP contribution in [0.5, 0.6) is 0 Å². The molecule has 0 aromatic carbocycles. The first kappa shape index (κ1) is 18.3. The predicted octanol–water partition coefficient (Wildman–Crippen LogP) is 3.28. The minimum atomic E-state index is 0.0345. The van der Waals surface area contributed by atoms with Crippen molar-refractivity contribution in [2.45, 2.75) is 77.0 Å². The molecular formula is C21H27N3O3S. The Morgan fingerprint density at radius 1 is 1.14 bits per heavy atom. The minimum Gasteiger partial charge on any atom is -0.374 e. The van der Waals surface area contributed by atoms with Crippen LogP contribution < -0.4 is 5.56 Å². The number of rotatable bonds is 1. The minimum absolute atomic E-state index is 0.0345. The van der Waals surface area contributed by atoms with Crippen molar-refractivity contribution in [2.24, 2.45) is 0 Å². The number of hydrogen-bond donors (Lipinski definition) is 0. The molecule has 2 fully saturated rings. The van der Waals surface area contributed by atoms with Crippen LogP contribution in [0.1, 0.15) is 66.0 Å². The van der Waals surface area contributed by atoms with E-state index in [1.807, 2.05) is 16.4 Å². The Hall–Kier alpha value is -1.73. The zero-order valence-corrected chi connectivity index (χ0v) is 17.2. The topological polar surface area (TPSA) is 64.4 Å². The smallest absolute Gasteiger partial charge is 0.264 e. The molecule has 1 saturated carbocycles. The van der Waals surface area contributed by atoms with Crippen molar-refractivity contribution in [1.29, 1.82) is 0 Å². The van der Waals surface area contributed by atoms with E-state index in [1.165, 1.54) is 17.8 Å². The fourth-order valence-electron chi connectivity index (χ4n) is 5.09. The van der Waals surface area contributed by atoms with Gasteiger partial charge < -0.3 is 9.64 Å². The lowest BCUT2D eigenvalue weighted by molar-refractivity contribution is -0.0751. The Morgan fingerprint density at radius 2 is 2.00 bits per heavy atom. The highest BCUT2D eigenvalue weighted by Crippen LogP contribution is 2.33. The van der Waals surface area contributed by atoms with Crippen molar-refractivity contribution >= 4 is 27.5 Å². The molecule has 28 heavy (non-hydrogen) atoms. The van der Waals surface area contributed by atoms with Gasteiger partial charge in [-0.25, -0.2) is 4.98 Å². The van der Waals surface area contributed by atoms with E-state index in [2.05, 4.69) is 0 Å². The average molecular weight is 402 g/mol. The van der Waals surface area contributed by atoms with Crippen LogP contribution in [0.25, 0.3) is 10.2 Å². The maximum absolute atomic E-state index is 13.5. The molecule has 0 bridgehead atoms. The summed E-state index contributed by atoms with van der Waals surface area (Å²) in [5, 5.41) is 0.646. The Labute approximate surface area is 168 Å². The standard InChI is InChI=1S/C21H27N3O3S/c1-13-17-19(22-16-9-3-2-6-10-24(16)20(17)25)28-18(13)21(26)23-11-12-27-15-8-5-4-7-14(15)23/h14-15H,2-12H2,1H3. The summed E-state index contributed by atoms with van der Waals surface area (Å²) in [4.78, 5) is 34.9. The average Bonchev–Trinajstić information content (AvgIpc) is 2.88. The molecule has 2 aromatic rings. The van der Waals surface area contributed by atoms with E-state index in [1.54, 1.807) is 0 Å². The molecule has 2 aliphatic heterocycles. The van der Waals surface area contributed by atoms with Gasteiger partial charge in [0.15, 0.2) is 0 Å². The van der Waals surface area contributed by atoms with Crippen LogP contribution in [0.15, 0.2) is 4.79 Å². The summed E-state index contributed by atoms with van der Waals surface area (Å²) in [6.07, 6.45) is 8.62. The Balaban J connectivity index is 1.56. The highest BCUT2D eigenvalue weighted by Gasteiger charge is 2.38. The van der Waals surface area contributed by atoms with Crippen LogP contribution >= 0.6 is 11.3 Å². The molecule has 1 amide bonds. The maximum Gasteiger partial charge on any atom is 0.264 e. The first-order chi connectivity index (χ1) is 13.6. The lowest BCUT2D eigenvalue weighted by Gasteiger charge is -2.43. The molecule has 5 rings (SSSR count). The van der Waals surface area contributed by atoms with Crippen molar-refractivity contribution in [3.05, 3.63) is 26.6 Å². The lowest BCUT2D eigenvalue weighted by Crippen LogP contribution is -2.54. The molecule has 150 valence electrons. The van der Waals surface area contributed by atoms with E-state index >= 15 is 0 Å². The molecule has 1 saturated heterocycles. The summed E-state index contributed by atoms with van der Waals surface area (Å²) in [7, 11) is 0. The van der Waals surface area contributed by atoms with Crippen LogP contribution in [0.4, 0.5) is 0 Å². The van der Waals surface area contributed by atoms with Gasteiger partial charge in [-0.1, -0.05) is 19.3 Å². The van der Waals surface area contributed by atoms with Crippen molar-refractivity contribution in [1.82, 2.24) is 14.5 Å². The number of nitrogens with zero attached hydrogens (tertiary/aromatic N) is 3. The second kappa shape index (κ2) is 7.26. The number of hydrogen-bond acceptors (Lipinski definition) is 5. The summed E-state index contributed by atoms with van der Waals surface area (Å²) in [5.74, 6) is 0.939. The number of carbonyl (C=O) groups is 1. The molecular weight excluding hydrogens is 374 g/mol. The van der Waals surface area contributed by atoms with Crippen molar-refractivity contribution in [3.63, 3.8) is 0 Å². The highest BCUT2D eigenvalue weighted by atomic mass is 32.1. The van der Waals surface area contributed by atoms with Gasteiger partial charge in [0.2, 0.25) is 0 Å². The summed E-state index contributed by atoms with van der Waals surface area (Å²) in [5.41, 5.74) is 0.841. The summed E-state index contributed by atoms with van der Waals surface area (Å²) >= 11 is 1.40. The Kier molecular flexibility index (Phi) is 4.75. The van der Waals surface area contributed by atoms with Gasteiger partial charge in [0, 0.05) is 19.5 Å². The number of ether oxygens (including phenoxy) is 1. The molecule has 3 aliphatic rings. The number of amides is 1. The Morgan fingerprint density at radius 3 is 2.89 bits per heavy atom. The normalized spacial score (nSPS) is 25.2. The third-order valence-corrected chi connectivity index (χ3v) is 7.77. The van der Waals surface area contributed by atoms with Crippen LogP contribution in [0.3, 0.4) is 0 Å². The van der Waals surface area contributed by atoms with Gasteiger partial charge >= 0.3 is 0 Å². The quantitative estimate of drug-likeness (QED) is 0.736. The van der Waals surface area contributed by atoms with Gasteiger partial charge in [-0.3, -0.25) is 14.2 Å². The van der Waals surface area contributed by atoms with Gasteiger partial charge in [-0.05, 0) is 38.2 Å². The largest absolute Gasteiger partial charge is 0.374 e. The van der Waals surface area contributed by atoms with Crippen molar-refractivity contribution < 1.29 is 9.53 Å². The first-order valence-corrected chi connectivity index (χ1v) is 11.4. The number of carbonyl (C=O) groups excluding carboxylic acids is 1. The van der Waals surface area contributed by atoms with Crippen molar-refractivity contribution in [2.75, 3.05) is 13.2 Å². The molecule has 2 unspecified atom stereocenters. The number of fused-ring (bicyclic) bond motifs is 3. The monoisotopic (exact) mass is 401 g/mol. The molecule has 2 aromatic heterocycles. The second-order valence-electron chi connectivity index (χ2n) is 8.29. The number of morpholine rings is 1. The van der Waals surface area contributed by atoms with Gasteiger partial charge in [0.25, 0.3) is 11.5 Å². The molecule has 0 radical (unpaired) electrons. The first-order valence-electron chi connectivity index (χ1n) is 10.6. The van der Waals surface area contributed by atoms with E-state index in [0.29, 0.717) is 23.4 Å². The number of aromatic nitrogens is 2. The molecule has 4 heterocycles. The zero-order chi connectivity index (χ0) is 19.3. The predicted molar refractivity (Wildman–Crippen MR) is 109 cm³/mol. The Bertz CT molecular complexity index is 977. The van der Waals surface area contributed by atoms with E-state index < -0.39 is 0 Å². The van der Waals surface area contributed by atoms with Gasteiger partial charge in [0.05, 0.1) is 29.0 Å². The van der Waals surface area contributed by atoms with E-state index in [4.69, 9.17) is 9.72 Å². The third-order valence-electron chi connectivity index (χ3n) is 6.60. The summed E-state index contributed by atoms with van der Waals surface area (Å²) in [6.45, 7) is 3.89. The van der Waals surface area contributed by atoms with Gasteiger partial charge in [-0.15, -0.1) is 11.3 Å². The van der Waals surface area contributed by atoms with Crippen LogP contribution in [-0.2, 0) is 17.7 Å². The fraction of sp³-hybridized carbons (Fsp3) is 0.667. The molecule has 0 spiro atoms. The summed E-state index contributed by atoms with van der Waals surface area (Å²) in [6, 6.07) is 0.172. The van der Waals surface area contributed by atoms with E-state index in [0.717, 1.165) is 67.7 Å². The fourth-order valence-corrected chi connectivity index (χ4v) is 6.24. The van der Waals surface area contributed by atoms with Gasteiger partial charge in [-0.2, -0.15) is 0 Å². The zero-order valence-electron chi connectivity index (χ0n) is 16.4. The summed E-state index contributed by atoms with van der Waals surface area (Å²) < 4.78 is 7.77. The second-order valence-corrected chi connectivity index (χ2v) is 9.29. The third kappa shape index (κ3) is 2.90. The molecule has 6 nitrogen and oxygen atoms in total. The highest BCUT2D eigenvalue weighted by molar-refractivity contribution is 7.20. The molecule has 0 N–H and O–H groups in total.